The minimum absolute atomic E-state index is 0.756. The smallest absolute Gasteiger partial charge is 0.150 e. The minimum atomic E-state index is 0.756. The second-order valence-corrected chi connectivity index (χ2v) is 8.84. The lowest BCUT2D eigenvalue weighted by molar-refractivity contribution is 0.258. The number of benzene rings is 2. The first-order valence-corrected chi connectivity index (χ1v) is 11.7. The third kappa shape index (κ3) is 3.87. The monoisotopic (exact) mass is 445 g/mol. The molecule has 0 spiro atoms. The van der Waals surface area contributed by atoms with Crippen LogP contribution in [0.2, 0.25) is 5.02 Å². The number of halogens is 1. The molecule has 6 heteroatoms. The average molecular weight is 446 g/mol. The molecule has 2 aromatic heterocycles. The van der Waals surface area contributed by atoms with Crippen LogP contribution in [0, 0.1) is 6.92 Å². The van der Waals surface area contributed by atoms with Crippen LogP contribution in [0.15, 0.2) is 61.1 Å². The van der Waals surface area contributed by atoms with E-state index in [1.165, 1.54) is 6.42 Å². The van der Waals surface area contributed by atoms with Crippen molar-refractivity contribution in [3.05, 3.63) is 71.6 Å². The number of rotatable bonds is 5. The predicted octanol–water partition coefficient (Wildman–Crippen LogP) is 5.58. The number of hydrogen-bond donors (Lipinski definition) is 0. The van der Waals surface area contributed by atoms with E-state index in [1.807, 2.05) is 19.1 Å². The molecule has 0 N–H and O–H groups in total. The molecule has 4 aromatic rings. The van der Waals surface area contributed by atoms with Gasteiger partial charge in [0.1, 0.15) is 12.1 Å². The highest BCUT2D eigenvalue weighted by atomic mass is 35.5. The SMILES string of the molecule is CCCN1CCN(c2ncnc3c2c(-c2ccccc2)cn3-c2ccc(C)c(Cl)c2)CC1. The average Bonchev–Trinajstić information content (AvgIpc) is 3.22. The molecule has 0 atom stereocenters. The van der Waals surface area contributed by atoms with Gasteiger partial charge in [-0.15, -0.1) is 0 Å². The molecule has 164 valence electrons. The zero-order valence-electron chi connectivity index (χ0n) is 18.6. The molecule has 1 aliphatic rings. The van der Waals surface area contributed by atoms with E-state index in [2.05, 4.69) is 63.9 Å². The van der Waals surface area contributed by atoms with Crippen LogP contribution in [0.4, 0.5) is 5.82 Å². The van der Waals surface area contributed by atoms with Gasteiger partial charge in [0.15, 0.2) is 5.65 Å². The second kappa shape index (κ2) is 8.93. The van der Waals surface area contributed by atoms with Crippen LogP contribution in [0.3, 0.4) is 0 Å². The fourth-order valence-electron chi connectivity index (χ4n) is 4.55. The molecule has 3 heterocycles. The van der Waals surface area contributed by atoms with Gasteiger partial charge in [-0.2, -0.15) is 0 Å². The van der Waals surface area contributed by atoms with Crippen LogP contribution >= 0.6 is 11.6 Å². The lowest BCUT2D eigenvalue weighted by Crippen LogP contribution is -2.46. The lowest BCUT2D eigenvalue weighted by Gasteiger charge is -2.35. The number of hydrogen-bond acceptors (Lipinski definition) is 4. The molecule has 0 radical (unpaired) electrons. The van der Waals surface area contributed by atoms with Crippen molar-refractivity contribution in [2.75, 3.05) is 37.6 Å². The molecule has 5 nitrogen and oxygen atoms in total. The highest BCUT2D eigenvalue weighted by Crippen LogP contribution is 2.37. The molecular formula is C26H28ClN5. The van der Waals surface area contributed by atoms with Crippen molar-refractivity contribution < 1.29 is 0 Å². The summed E-state index contributed by atoms with van der Waals surface area (Å²) in [5, 5.41) is 1.85. The summed E-state index contributed by atoms with van der Waals surface area (Å²) in [6.45, 7) is 9.50. The third-order valence-electron chi connectivity index (χ3n) is 6.29. The van der Waals surface area contributed by atoms with E-state index in [0.29, 0.717) is 0 Å². The molecule has 0 unspecified atom stereocenters. The molecule has 1 fully saturated rings. The van der Waals surface area contributed by atoms with Crippen LogP contribution < -0.4 is 4.90 Å². The Morgan fingerprint density at radius 1 is 0.969 bits per heavy atom. The van der Waals surface area contributed by atoms with Crippen LogP contribution in [0.5, 0.6) is 0 Å². The maximum atomic E-state index is 6.47. The molecule has 0 saturated carbocycles. The Balaban J connectivity index is 1.66. The number of aromatic nitrogens is 3. The summed E-state index contributed by atoms with van der Waals surface area (Å²) >= 11 is 6.47. The molecule has 1 saturated heterocycles. The third-order valence-corrected chi connectivity index (χ3v) is 6.70. The van der Waals surface area contributed by atoms with Crippen molar-refractivity contribution in [2.24, 2.45) is 0 Å². The minimum Gasteiger partial charge on any atom is -0.353 e. The molecule has 0 bridgehead atoms. The predicted molar refractivity (Wildman–Crippen MR) is 133 cm³/mol. The molecule has 5 rings (SSSR count). The van der Waals surface area contributed by atoms with Gasteiger partial charge in [-0.25, -0.2) is 9.97 Å². The number of aryl methyl sites for hydroxylation is 1. The van der Waals surface area contributed by atoms with Gasteiger partial charge >= 0.3 is 0 Å². The number of fused-ring (bicyclic) bond motifs is 1. The zero-order valence-corrected chi connectivity index (χ0v) is 19.4. The van der Waals surface area contributed by atoms with E-state index >= 15 is 0 Å². The van der Waals surface area contributed by atoms with Crippen molar-refractivity contribution in [3.63, 3.8) is 0 Å². The summed E-state index contributed by atoms with van der Waals surface area (Å²) < 4.78 is 2.14. The first-order chi connectivity index (χ1) is 15.7. The summed E-state index contributed by atoms with van der Waals surface area (Å²) in [6, 6.07) is 16.7. The number of nitrogens with zero attached hydrogens (tertiary/aromatic N) is 5. The normalized spacial score (nSPS) is 14.9. The van der Waals surface area contributed by atoms with Crippen molar-refractivity contribution in [1.29, 1.82) is 0 Å². The van der Waals surface area contributed by atoms with Crippen LogP contribution in [-0.4, -0.2) is 52.2 Å². The van der Waals surface area contributed by atoms with E-state index < -0.39 is 0 Å². The Morgan fingerprint density at radius 2 is 1.75 bits per heavy atom. The Kier molecular flexibility index (Phi) is 5.85. The van der Waals surface area contributed by atoms with Crippen molar-refractivity contribution in [2.45, 2.75) is 20.3 Å². The van der Waals surface area contributed by atoms with Gasteiger partial charge in [-0.3, -0.25) is 4.90 Å². The topological polar surface area (TPSA) is 37.2 Å². The van der Waals surface area contributed by atoms with Crippen LogP contribution in [0.1, 0.15) is 18.9 Å². The molecular weight excluding hydrogens is 418 g/mol. The van der Waals surface area contributed by atoms with Gasteiger partial charge in [-0.1, -0.05) is 54.9 Å². The second-order valence-electron chi connectivity index (χ2n) is 8.44. The van der Waals surface area contributed by atoms with E-state index in [4.69, 9.17) is 21.6 Å². The maximum absolute atomic E-state index is 6.47. The fourth-order valence-corrected chi connectivity index (χ4v) is 4.72. The standard InChI is InChI=1S/C26H28ClN5/c1-3-11-30-12-14-31(15-13-30)25-24-22(20-7-5-4-6-8-20)17-32(26(24)29-18-28-25)21-10-9-19(2)23(27)16-21/h4-10,16-18H,3,11-15H2,1-2H3. The fraction of sp³-hybridized carbons (Fsp3) is 0.308. The van der Waals surface area contributed by atoms with Gasteiger partial charge in [0.2, 0.25) is 0 Å². The summed E-state index contributed by atoms with van der Waals surface area (Å²) in [7, 11) is 0. The summed E-state index contributed by atoms with van der Waals surface area (Å²) in [5.41, 5.74) is 5.28. The molecule has 32 heavy (non-hydrogen) atoms. The summed E-state index contributed by atoms with van der Waals surface area (Å²) in [5.74, 6) is 1.02. The first kappa shape index (κ1) is 21.0. The maximum Gasteiger partial charge on any atom is 0.150 e. The van der Waals surface area contributed by atoms with Gasteiger partial charge in [0.05, 0.1) is 5.39 Å². The van der Waals surface area contributed by atoms with Crippen molar-refractivity contribution >= 4 is 28.5 Å². The largest absolute Gasteiger partial charge is 0.353 e. The van der Waals surface area contributed by atoms with Crippen LogP contribution in [-0.2, 0) is 0 Å². The van der Waals surface area contributed by atoms with Gasteiger partial charge in [-0.05, 0) is 43.1 Å². The lowest BCUT2D eigenvalue weighted by atomic mass is 10.1. The van der Waals surface area contributed by atoms with Gasteiger partial charge in [0, 0.05) is 48.6 Å². The Labute approximate surface area is 194 Å². The number of anilines is 1. The van der Waals surface area contributed by atoms with E-state index in [9.17, 15) is 0 Å². The van der Waals surface area contributed by atoms with Crippen molar-refractivity contribution in [1.82, 2.24) is 19.4 Å². The van der Waals surface area contributed by atoms with E-state index in [0.717, 1.165) is 77.0 Å². The zero-order chi connectivity index (χ0) is 22.1. The Hall–Kier alpha value is -2.89. The van der Waals surface area contributed by atoms with Gasteiger partial charge < -0.3 is 9.47 Å². The first-order valence-electron chi connectivity index (χ1n) is 11.3. The van der Waals surface area contributed by atoms with E-state index in [-0.39, 0.29) is 0 Å². The van der Waals surface area contributed by atoms with Gasteiger partial charge in [0.25, 0.3) is 0 Å². The molecule has 2 aromatic carbocycles. The molecule has 1 aliphatic heterocycles. The van der Waals surface area contributed by atoms with E-state index in [1.54, 1.807) is 6.33 Å². The molecule has 0 amide bonds. The Bertz CT molecular complexity index is 1230. The highest BCUT2D eigenvalue weighted by molar-refractivity contribution is 6.31. The summed E-state index contributed by atoms with van der Waals surface area (Å²) in [6.07, 6.45) is 5.06. The van der Waals surface area contributed by atoms with Crippen LogP contribution in [0.25, 0.3) is 27.8 Å². The Morgan fingerprint density at radius 3 is 2.47 bits per heavy atom. The number of piperazine rings is 1. The summed E-state index contributed by atoms with van der Waals surface area (Å²) in [4.78, 5) is 14.5. The highest BCUT2D eigenvalue weighted by Gasteiger charge is 2.24. The quantitative estimate of drug-likeness (QED) is 0.401. The van der Waals surface area contributed by atoms with Crippen molar-refractivity contribution in [3.8, 4) is 16.8 Å². The molecule has 0 aliphatic carbocycles.